The van der Waals surface area contributed by atoms with Crippen LogP contribution in [-0.4, -0.2) is 26.0 Å². The molecule has 282 valence electrons. The molecule has 6 rings (SSSR count). The highest BCUT2D eigenvalue weighted by Gasteiger charge is 2.33. The van der Waals surface area contributed by atoms with Crippen molar-refractivity contribution < 1.29 is 49.8 Å². The van der Waals surface area contributed by atoms with Gasteiger partial charge in [0, 0.05) is 22.5 Å². The molecule has 0 aliphatic carbocycles. The number of para-hydroxylation sites is 1. The molecule has 2 N–H and O–H groups in total. The second kappa shape index (κ2) is 17.0. The van der Waals surface area contributed by atoms with Crippen LogP contribution in [0.15, 0.2) is 121 Å². The minimum atomic E-state index is -4.52. The Morgan fingerprint density at radius 3 is 1.67 bits per heavy atom. The fourth-order valence-electron chi connectivity index (χ4n) is 5.54. The van der Waals surface area contributed by atoms with Gasteiger partial charge in [0.1, 0.15) is 45.9 Å². The molecule has 6 nitrogen and oxygen atoms in total. The van der Waals surface area contributed by atoms with E-state index in [1.54, 1.807) is 56.5 Å². The summed E-state index contributed by atoms with van der Waals surface area (Å²) in [5.74, 6) is -4.57. The van der Waals surface area contributed by atoms with Gasteiger partial charge in [-0.3, -0.25) is 9.59 Å². The zero-order valence-electron chi connectivity index (χ0n) is 29.3. The molecular weight excluding hydrogens is 729 g/mol. The van der Waals surface area contributed by atoms with Crippen LogP contribution in [0.4, 0.5) is 42.1 Å². The number of halogens is 7. The van der Waals surface area contributed by atoms with Crippen LogP contribution in [0.3, 0.4) is 0 Å². The summed E-state index contributed by atoms with van der Waals surface area (Å²) in [6.45, 7) is 1.68. The second-order valence-corrected chi connectivity index (χ2v) is 11.8. The van der Waals surface area contributed by atoms with Crippen molar-refractivity contribution in [3.05, 3.63) is 167 Å². The van der Waals surface area contributed by atoms with Gasteiger partial charge >= 0.3 is 6.18 Å². The van der Waals surface area contributed by atoms with Crippen molar-refractivity contribution in [1.29, 1.82) is 0 Å². The quantitative estimate of drug-likeness (QED) is 0.152. The van der Waals surface area contributed by atoms with Crippen molar-refractivity contribution in [2.24, 2.45) is 0 Å². The Bertz CT molecular complexity index is 2300. The fourth-order valence-corrected chi connectivity index (χ4v) is 5.54. The summed E-state index contributed by atoms with van der Waals surface area (Å²) < 4.78 is 106. The number of carbonyl (C=O) groups excluding carboxylic acids is 2. The Morgan fingerprint density at radius 2 is 1.13 bits per heavy atom. The number of nitrogens with one attached hydrogen (secondary N) is 2. The largest absolute Gasteiger partial charge is 0.497 e. The molecule has 0 fully saturated rings. The number of methoxy groups -OCH3 is 2. The summed E-state index contributed by atoms with van der Waals surface area (Å²) in [5.41, 5.74) is 0.694. The first-order valence-corrected chi connectivity index (χ1v) is 16.3. The third-order valence-electron chi connectivity index (χ3n) is 8.19. The topological polar surface area (TPSA) is 76.7 Å². The van der Waals surface area contributed by atoms with E-state index in [9.17, 15) is 40.3 Å². The first-order chi connectivity index (χ1) is 26.2. The lowest BCUT2D eigenvalue weighted by atomic mass is 9.97. The van der Waals surface area contributed by atoms with Crippen LogP contribution in [0, 0.1) is 30.2 Å². The van der Waals surface area contributed by atoms with Gasteiger partial charge in [-0.25, -0.2) is 17.6 Å². The maximum atomic E-state index is 13.9. The van der Waals surface area contributed by atoms with Gasteiger partial charge in [0.25, 0.3) is 11.8 Å². The van der Waals surface area contributed by atoms with Gasteiger partial charge in [-0.1, -0.05) is 60.2 Å². The van der Waals surface area contributed by atoms with Gasteiger partial charge in [-0.2, -0.15) is 13.2 Å². The highest BCUT2D eigenvalue weighted by Crippen LogP contribution is 2.39. The van der Waals surface area contributed by atoms with E-state index in [1.807, 2.05) is 0 Å². The number of hydrogen-bond donors (Lipinski definition) is 2. The SMILES string of the molecule is COc1ccc(OC)c(-c2ccccc2NC(=O)c2c(F)cccc2F)c1.Cc1ccc(C(F)(F)F)c(-c2ccc(NC(=O)c3c(F)cccc3F)cc2)c1. The van der Waals surface area contributed by atoms with E-state index < -0.39 is 57.9 Å². The predicted octanol–water partition coefficient (Wildman–Crippen LogP) is 11.1. The average molecular weight is 761 g/mol. The van der Waals surface area contributed by atoms with E-state index in [0.29, 0.717) is 39.4 Å². The molecule has 0 aliphatic heterocycles. The molecular formula is C42H31F7N2O4. The van der Waals surface area contributed by atoms with Gasteiger partial charge in [-0.15, -0.1) is 0 Å². The predicted molar refractivity (Wildman–Crippen MR) is 195 cm³/mol. The third kappa shape index (κ3) is 9.30. The standard InChI is InChI=1S/C21H14F5NO.C21H17F2NO3/c1-12-5-10-16(21(24,25)26)15(11-12)13-6-8-14(9-7-13)27-20(28)19-17(22)3-2-4-18(19)23;1-26-13-10-11-19(27-2)15(12-13)14-6-3-4-9-18(14)24-21(25)20-16(22)7-5-8-17(20)23/h2-11H,1H3,(H,27,28);3-12H,1-2H3,(H,24,25). The van der Waals surface area contributed by atoms with Crippen LogP contribution in [0.1, 0.15) is 31.8 Å². The lowest BCUT2D eigenvalue weighted by Gasteiger charge is -2.15. The van der Waals surface area contributed by atoms with Crippen LogP contribution >= 0.6 is 0 Å². The number of aryl methyl sites for hydroxylation is 1. The van der Waals surface area contributed by atoms with Gasteiger partial charge in [0.15, 0.2) is 0 Å². The van der Waals surface area contributed by atoms with Crippen molar-refractivity contribution >= 4 is 23.2 Å². The molecule has 0 atom stereocenters. The van der Waals surface area contributed by atoms with Crippen molar-refractivity contribution in [3.63, 3.8) is 0 Å². The van der Waals surface area contributed by atoms with E-state index in [4.69, 9.17) is 9.47 Å². The minimum Gasteiger partial charge on any atom is -0.497 e. The first-order valence-electron chi connectivity index (χ1n) is 16.3. The number of rotatable bonds is 8. The van der Waals surface area contributed by atoms with Crippen molar-refractivity contribution in [3.8, 4) is 33.8 Å². The number of ether oxygens (including phenoxy) is 2. The smallest absolute Gasteiger partial charge is 0.417 e. The second-order valence-electron chi connectivity index (χ2n) is 11.8. The summed E-state index contributed by atoms with van der Waals surface area (Å²) in [6.07, 6.45) is -4.52. The van der Waals surface area contributed by atoms with Crippen LogP contribution in [0.5, 0.6) is 11.5 Å². The molecule has 13 heteroatoms. The van der Waals surface area contributed by atoms with Crippen molar-refractivity contribution in [2.75, 3.05) is 24.9 Å². The molecule has 6 aromatic rings. The molecule has 0 heterocycles. The molecule has 6 aromatic carbocycles. The molecule has 0 saturated carbocycles. The average Bonchev–Trinajstić information content (AvgIpc) is 3.14. The highest BCUT2D eigenvalue weighted by atomic mass is 19.4. The Morgan fingerprint density at radius 1 is 0.564 bits per heavy atom. The van der Waals surface area contributed by atoms with Crippen LogP contribution in [0.2, 0.25) is 0 Å². The Hall–Kier alpha value is -6.63. The normalized spacial score (nSPS) is 10.9. The number of anilines is 2. The zero-order chi connectivity index (χ0) is 39.9. The summed E-state index contributed by atoms with van der Waals surface area (Å²) in [7, 11) is 3.07. The maximum absolute atomic E-state index is 13.9. The summed E-state index contributed by atoms with van der Waals surface area (Å²) in [5, 5.41) is 4.91. The lowest BCUT2D eigenvalue weighted by molar-refractivity contribution is -0.137. The minimum absolute atomic E-state index is 0.00512. The van der Waals surface area contributed by atoms with Gasteiger partial charge < -0.3 is 20.1 Å². The molecule has 2 amide bonds. The van der Waals surface area contributed by atoms with E-state index >= 15 is 0 Å². The van der Waals surface area contributed by atoms with Crippen molar-refractivity contribution in [1.82, 2.24) is 0 Å². The number of alkyl halides is 3. The molecule has 55 heavy (non-hydrogen) atoms. The first kappa shape index (κ1) is 39.6. The van der Waals surface area contributed by atoms with E-state index in [-0.39, 0.29) is 11.3 Å². The molecule has 0 bridgehead atoms. The van der Waals surface area contributed by atoms with Crippen LogP contribution < -0.4 is 20.1 Å². The number of carbonyl (C=O) groups is 2. The van der Waals surface area contributed by atoms with Crippen LogP contribution in [-0.2, 0) is 6.18 Å². The summed E-state index contributed by atoms with van der Waals surface area (Å²) in [6, 6.07) is 27.8. The van der Waals surface area contributed by atoms with E-state index in [2.05, 4.69) is 10.6 Å². The molecule has 0 unspecified atom stereocenters. The number of hydrogen-bond acceptors (Lipinski definition) is 4. The lowest BCUT2D eigenvalue weighted by Crippen LogP contribution is -2.16. The Kier molecular flexibility index (Phi) is 12.2. The molecule has 0 aromatic heterocycles. The molecule has 0 saturated heterocycles. The summed E-state index contributed by atoms with van der Waals surface area (Å²) >= 11 is 0. The van der Waals surface area contributed by atoms with Gasteiger partial charge in [0.05, 0.1) is 19.8 Å². The van der Waals surface area contributed by atoms with Crippen LogP contribution in [0.25, 0.3) is 22.3 Å². The Labute approximate surface area is 311 Å². The zero-order valence-corrected chi connectivity index (χ0v) is 29.3. The third-order valence-corrected chi connectivity index (χ3v) is 8.19. The monoisotopic (exact) mass is 760 g/mol. The summed E-state index contributed by atoms with van der Waals surface area (Å²) in [4.78, 5) is 24.6. The number of benzene rings is 6. The molecule has 0 spiro atoms. The fraction of sp³-hybridized carbons (Fsp3) is 0.0952. The molecule has 0 aliphatic rings. The molecule has 0 radical (unpaired) electrons. The van der Waals surface area contributed by atoms with Crippen molar-refractivity contribution in [2.45, 2.75) is 13.1 Å². The maximum Gasteiger partial charge on any atom is 0.417 e. The van der Waals surface area contributed by atoms with Gasteiger partial charge in [0.2, 0.25) is 0 Å². The van der Waals surface area contributed by atoms with Gasteiger partial charge in [-0.05, 0) is 84.8 Å². The number of amides is 2. The van der Waals surface area contributed by atoms with E-state index in [1.165, 1.54) is 49.6 Å². The highest BCUT2D eigenvalue weighted by molar-refractivity contribution is 6.07. The van der Waals surface area contributed by atoms with E-state index in [0.717, 1.165) is 36.4 Å². The Balaban J connectivity index is 0.000000211.